The second-order valence-electron chi connectivity index (χ2n) is 5.49. The SMILES string of the molecule is O[C@@H]1C[C@@H](NCCc2ccccc2)COc2ccccc21. The van der Waals surface area contributed by atoms with E-state index in [0.717, 1.165) is 24.3 Å². The molecule has 2 atom stereocenters. The zero-order valence-corrected chi connectivity index (χ0v) is 12.0. The van der Waals surface area contributed by atoms with Gasteiger partial charge in [-0.1, -0.05) is 48.5 Å². The van der Waals surface area contributed by atoms with Crippen molar-refractivity contribution in [1.29, 1.82) is 0 Å². The smallest absolute Gasteiger partial charge is 0.125 e. The molecule has 0 fully saturated rings. The quantitative estimate of drug-likeness (QED) is 0.906. The molecule has 0 saturated carbocycles. The minimum atomic E-state index is -0.460. The van der Waals surface area contributed by atoms with Gasteiger partial charge in [0.2, 0.25) is 0 Å². The van der Waals surface area contributed by atoms with Crippen molar-refractivity contribution in [3.8, 4) is 5.75 Å². The van der Waals surface area contributed by atoms with E-state index in [-0.39, 0.29) is 6.04 Å². The molecule has 1 aliphatic rings. The molecular formula is C18H21NO2. The highest BCUT2D eigenvalue weighted by molar-refractivity contribution is 5.36. The Labute approximate surface area is 125 Å². The average Bonchev–Trinajstić information content (AvgIpc) is 2.68. The maximum Gasteiger partial charge on any atom is 0.125 e. The molecule has 1 heterocycles. The lowest BCUT2D eigenvalue weighted by Gasteiger charge is -2.17. The second-order valence-corrected chi connectivity index (χ2v) is 5.49. The van der Waals surface area contributed by atoms with Crippen LogP contribution < -0.4 is 10.1 Å². The van der Waals surface area contributed by atoms with Crippen LogP contribution in [0.4, 0.5) is 0 Å². The van der Waals surface area contributed by atoms with Crippen LogP contribution in [0.1, 0.15) is 23.7 Å². The summed E-state index contributed by atoms with van der Waals surface area (Å²) in [6.07, 6.45) is 1.21. The van der Waals surface area contributed by atoms with E-state index >= 15 is 0 Å². The topological polar surface area (TPSA) is 41.5 Å². The standard InChI is InChI=1S/C18H21NO2/c20-17-12-15(13-21-18-9-5-4-8-16(17)18)19-11-10-14-6-2-1-3-7-14/h1-9,15,17,19-20H,10-13H2/t15-,17-/m1/s1. The summed E-state index contributed by atoms with van der Waals surface area (Å²) in [7, 11) is 0. The molecule has 2 N–H and O–H groups in total. The van der Waals surface area contributed by atoms with Crippen molar-refractivity contribution >= 4 is 0 Å². The minimum Gasteiger partial charge on any atom is -0.492 e. The second kappa shape index (κ2) is 6.74. The highest BCUT2D eigenvalue weighted by Gasteiger charge is 2.23. The van der Waals surface area contributed by atoms with Gasteiger partial charge in [0.1, 0.15) is 12.4 Å². The average molecular weight is 283 g/mol. The van der Waals surface area contributed by atoms with Gasteiger partial charge in [0.25, 0.3) is 0 Å². The normalized spacial score (nSPS) is 21.2. The van der Waals surface area contributed by atoms with Crippen LogP contribution in [-0.4, -0.2) is 24.3 Å². The Morgan fingerprint density at radius 2 is 1.81 bits per heavy atom. The Morgan fingerprint density at radius 3 is 2.67 bits per heavy atom. The summed E-state index contributed by atoms with van der Waals surface area (Å²) in [4.78, 5) is 0. The molecule has 21 heavy (non-hydrogen) atoms. The fourth-order valence-electron chi connectivity index (χ4n) is 2.75. The van der Waals surface area contributed by atoms with E-state index in [1.165, 1.54) is 5.56 Å². The number of ether oxygens (including phenoxy) is 1. The molecule has 0 aliphatic carbocycles. The molecule has 2 aromatic carbocycles. The Morgan fingerprint density at radius 1 is 1.05 bits per heavy atom. The van der Waals surface area contributed by atoms with Gasteiger partial charge in [0.05, 0.1) is 6.10 Å². The number of benzene rings is 2. The lowest BCUT2D eigenvalue weighted by atomic mass is 10.0. The predicted molar refractivity (Wildman–Crippen MR) is 83.5 cm³/mol. The summed E-state index contributed by atoms with van der Waals surface area (Å²) in [6, 6.07) is 18.3. The van der Waals surface area contributed by atoms with E-state index in [2.05, 4.69) is 29.6 Å². The third kappa shape index (κ3) is 3.63. The van der Waals surface area contributed by atoms with Crippen molar-refractivity contribution in [2.75, 3.05) is 13.2 Å². The molecule has 0 bridgehead atoms. The summed E-state index contributed by atoms with van der Waals surface area (Å²) in [6.45, 7) is 1.49. The first kappa shape index (κ1) is 14.1. The Kier molecular flexibility index (Phi) is 4.53. The Hall–Kier alpha value is -1.84. The molecule has 1 aliphatic heterocycles. The van der Waals surface area contributed by atoms with Gasteiger partial charge in [-0.05, 0) is 31.0 Å². The van der Waals surface area contributed by atoms with Gasteiger partial charge in [-0.3, -0.25) is 0 Å². The third-order valence-electron chi connectivity index (χ3n) is 3.92. The number of para-hydroxylation sites is 1. The summed E-state index contributed by atoms with van der Waals surface area (Å²) in [5.41, 5.74) is 2.22. The van der Waals surface area contributed by atoms with Crippen LogP contribution in [0.5, 0.6) is 5.75 Å². The van der Waals surface area contributed by atoms with Crippen molar-refractivity contribution in [1.82, 2.24) is 5.32 Å². The van der Waals surface area contributed by atoms with Gasteiger partial charge < -0.3 is 15.2 Å². The van der Waals surface area contributed by atoms with E-state index in [0.29, 0.717) is 13.0 Å². The van der Waals surface area contributed by atoms with E-state index in [4.69, 9.17) is 4.74 Å². The Bertz CT molecular complexity index is 570. The molecule has 3 heteroatoms. The molecular weight excluding hydrogens is 262 g/mol. The molecule has 0 saturated heterocycles. The van der Waals surface area contributed by atoms with E-state index in [1.54, 1.807) is 0 Å². The zero-order valence-electron chi connectivity index (χ0n) is 12.0. The predicted octanol–water partition coefficient (Wildman–Crippen LogP) is 2.70. The van der Waals surface area contributed by atoms with Crippen LogP contribution in [0.2, 0.25) is 0 Å². The van der Waals surface area contributed by atoms with Crippen molar-refractivity contribution in [3.63, 3.8) is 0 Å². The summed E-state index contributed by atoms with van der Waals surface area (Å²) < 4.78 is 5.81. The van der Waals surface area contributed by atoms with E-state index in [9.17, 15) is 5.11 Å². The summed E-state index contributed by atoms with van der Waals surface area (Å²) >= 11 is 0. The molecule has 0 unspecified atom stereocenters. The minimum absolute atomic E-state index is 0.177. The number of hydrogen-bond acceptors (Lipinski definition) is 3. The van der Waals surface area contributed by atoms with Gasteiger partial charge in [-0.2, -0.15) is 0 Å². The molecule has 2 aromatic rings. The van der Waals surface area contributed by atoms with Crippen LogP contribution in [0.25, 0.3) is 0 Å². The first-order valence-electron chi connectivity index (χ1n) is 7.50. The van der Waals surface area contributed by atoms with Crippen LogP contribution in [0, 0.1) is 0 Å². The van der Waals surface area contributed by atoms with Crippen molar-refractivity contribution < 1.29 is 9.84 Å². The summed E-state index contributed by atoms with van der Waals surface area (Å²) in [5.74, 6) is 0.803. The lowest BCUT2D eigenvalue weighted by molar-refractivity contribution is 0.151. The third-order valence-corrected chi connectivity index (χ3v) is 3.92. The lowest BCUT2D eigenvalue weighted by Crippen LogP contribution is -2.36. The van der Waals surface area contributed by atoms with Crippen LogP contribution in [-0.2, 0) is 6.42 Å². The number of aliphatic hydroxyl groups excluding tert-OH is 1. The first-order valence-corrected chi connectivity index (χ1v) is 7.50. The van der Waals surface area contributed by atoms with Gasteiger partial charge in [-0.25, -0.2) is 0 Å². The number of hydrogen-bond donors (Lipinski definition) is 2. The van der Waals surface area contributed by atoms with Crippen LogP contribution in [0.3, 0.4) is 0 Å². The fraction of sp³-hybridized carbons (Fsp3) is 0.333. The van der Waals surface area contributed by atoms with Crippen molar-refractivity contribution in [2.45, 2.75) is 25.0 Å². The van der Waals surface area contributed by atoms with Gasteiger partial charge in [-0.15, -0.1) is 0 Å². The van der Waals surface area contributed by atoms with Crippen LogP contribution >= 0.6 is 0 Å². The maximum atomic E-state index is 10.3. The maximum absolute atomic E-state index is 10.3. The highest BCUT2D eigenvalue weighted by Crippen LogP contribution is 2.30. The summed E-state index contributed by atoms with van der Waals surface area (Å²) in [5, 5.41) is 13.8. The van der Waals surface area contributed by atoms with Gasteiger partial charge >= 0.3 is 0 Å². The molecule has 3 nitrogen and oxygen atoms in total. The van der Waals surface area contributed by atoms with E-state index in [1.807, 2.05) is 30.3 Å². The van der Waals surface area contributed by atoms with E-state index < -0.39 is 6.10 Å². The molecule has 0 radical (unpaired) electrons. The van der Waals surface area contributed by atoms with Crippen molar-refractivity contribution in [2.24, 2.45) is 0 Å². The number of aliphatic hydroxyl groups is 1. The molecule has 3 rings (SSSR count). The van der Waals surface area contributed by atoms with Crippen molar-refractivity contribution in [3.05, 3.63) is 65.7 Å². The largest absolute Gasteiger partial charge is 0.492 e. The van der Waals surface area contributed by atoms with Gasteiger partial charge in [0, 0.05) is 11.6 Å². The molecule has 0 spiro atoms. The van der Waals surface area contributed by atoms with Crippen LogP contribution in [0.15, 0.2) is 54.6 Å². The monoisotopic (exact) mass is 283 g/mol. The number of rotatable bonds is 4. The fourth-order valence-corrected chi connectivity index (χ4v) is 2.75. The number of fused-ring (bicyclic) bond motifs is 1. The zero-order chi connectivity index (χ0) is 14.5. The Balaban J connectivity index is 1.54. The molecule has 110 valence electrons. The highest BCUT2D eigenvalue weighted by atomic mass is 16.5. The number of nitrogens with one attached hydrogen (secondary N) is 1. The first-order chi connectivity index (χ1) is 10.3. The molecule has 0 aromatic heterocycles. The van der Waals surface area contributed by atoms with Gasteiger partial charge in [0.15, 0.2) is 0 Å². The molecule has 0 amide bonds.